The lowest BCUT2D eigenvalue weighted by Gasteiger charge is -2.09. The lowest BCUT2D eigenvalue weighted by molar-refractivity contribution is 0.253. The molecule has 0 radical (unpaired) electrons. The molecule has 0 aliphatic heterocycles. The lowest BCUT2D eigenvalue weighted by Crippen LogP contribution is -2.34. The molecule has 2 aromatic rings. The summed E-state index contributed by atoms with van der Waals surface area (Å²) in [5.74, 6) is 0.363. The summed E-state index contributed by atoms with van der Waals surface area (Å²) in [4.78, 5) is 20.0. The molecule has 0 aliphatic carbocycles. The number of aryl methyl sites for hydroxylation is 3. The van der Waals surface area contributed by atoms with Gasteiger partial charge in [0, 0.05) is 17.1 Å². The fourth-order valence-corrected chi connectivity index (χ4v) is 1.69. The van der Waals surface area contributed by atoms with Crippen LogP contribution in [0.1, 0.15) is 17.0 Å². The number of rotatable bonds is 3. The van der Waals surface area contributed by atoms with Crippen LogP contribution in [0, 0.1) is 20.8 Å². The summed E-state index contributed by atoms with van der Waals surface area (Å²) in [5, 5.41) is 2.70. The molecule has 0 unspecified atom stereocenters. The molecular formula is C14H17N5O. The number of hydrazine groups is 1. The third kappa shape index (κ3) is 3.94. The third-order valence-electron chi connectivity index (χ3n) is 2.58. The van der Waals surface area contributed by atoms with Crippen LogP contribution in [-0.2, 0) is 0 Å². The number of amides is 2. The first-order chi connectivity index (χ1) is 9.52. The van der Waals surface area contributed by atoms with Gasteiger partial charge in [0.1, 0.15) is 0 Å². The van der Waals surface area contributed by atoms with Gasteiger partial charge in [-0.25, -0.2) is 20.2 Å². The number of hydrogen-bond donors (Lipinski definition) is 3. The van der Waals surface area contributed by atoms with Crippen LogP contribution in [0.5, 0.6) is 0 Å². The first-order valence-corrected chi connectivity index (χ1v) is 6.25. The lowest BCUT2D eigenvalue weighted by atomic mass is 10.2. The van der Waals surface area contributed by atoms with E-state index in [1.54, 1.807) is 0 Å². The van der Waals surface area contributed by atoms with Crippen molar-refractivity contribution in [3.63, 3.8) is 0 Å². The fraction of sp³-hybridized carbons (Fsp3) is 0.214. The van der Waals surface area contributed by atoms with Gasteiger partial charge in [-0.05, 0) is 39.0 Å². The van der Waals surface area contributed by atoms with E-state index in [1.807, 2.05) is 51.1 Å². The summed E-state index contributed by atoms with van der Waals surface area (Å²) in [7, 11) is 0. The quantitative estimate of drug-likeness (QED) is 0.750. The highest BCUT2D eigenvalue weighted by Gasteiger charge is 2.03. The predicted molar refractivity (Wildman–Crippen MR) is 78.5 cm³/mol. The highest BCUT2D eigenvalue weighted by atomic mass is 16.2. The van der Waals surface area contributed by atoms with Crippen LogP contribution in [0.4, 0.5) is 16.4 Å². The summed E-state index contributed by atoms with van der Waals surface area (Å²) in [6, 6.07) is 9.00. The van der Waals surface area contributed by atoms with Crippen LogP contribution < -0.4 is 16.2 Å². The number of aromatic nitrogens is 2. The molecule has 2 amide bonds. The average Bonchev–Trinajstić information content (AvgIpc) is 2.38. The zero-order chi connectivity index (χ0) is 14.5. The molecule has 0 saturated carbocycles. The van der Waals surface area contributed by atoms with Gasteiger partial charge >= 0.3 is 6.03 Å². The Balaban J connectivity index is 1.90. The van der Waals surface area contributed by atoms with Gasteiger partial charge in [-0.1, -0.05) is 17.7 Å². The molecule has 0 fully saturated rings. The SMILES string of the molecule is Cc1ccc(NC(=O)NNc2nc(C)cc(C)n2)cc1. The smallest absolute Gasteiger partial charge is 0.307 e. The van der Waals surface area contributed by atoms with Crippen molar-refractivity contribution in [2.75, 3.05) is 10.7 Å². The highest BCUT2D eigenvalue weighted by molar-refractivity contribution is 5.89. The maximum Gasteiger partial charge on any atom is 0.337 e. The van der Waals surface area contributed by atoms with Crippen LogP contribution in [0.3, 0.4) is 0 Å². The van der Waals surface area contributed by atoms with E-state index >= 15 is 0 Å². The van der Waals surface area contributed by atoms with Crippen molar-refractivity contribution in [1.82, 2.24) is 15.4 Å². The second-order valence-corrected chi connectivity index (χ2v) is 4.54. The van der Waals surface area contributed by atoms with E-state index in [4.69, 9.17) is 0 Å². The Kier molecular flexibility index (Phi) is 4.14. The molecule has 2 rings (SSSR count). The molecular weight excluding hydrogens is 254 g/mol. The van der Waals surface area contributed by atoms with Crippen molar-refractivity contribution in [3.05, 3.63) is 47.3 Å². The highest BCUT2D eigenvalue weighted by Crippen LogP contribution is 2.08. The Labute approximate surface area is 117 Å². The minimum absolute atomic E-state index is 0.363. The molecule has 1 aromatic carbocycles. The minimum atomic E-state index is -0.378. The van der Waals surface area contributed by atoms with E-state index in [-0.39, 0.29) is 6.03 Å². The van der Waals surface area contributed by atoms with Crippen molar-refractivity contribution < 1.29 is 4.79 Å². The van der Waals surface area contributed by atoms with E-state index < -0.39 is 0 Å². The summed E-state index contributed by atoms with van der Waals surface area (Å²) < 4.78 is 0. The molecule has 20 heavy (non-hydrogen) atoms. The monoisotopic (exact) mass is 271 g/mol. The number of urea groups is 1. The number of nitrogens with zero attached hydrogens (tertiary/aromatic N) is 2. The third-order valence-corrected chi connectivity index (χ3v) is 2.58. The van der Waals surface area contributed by atoms with Crippen molar-refractivity contribution in [3.8, 4) is 0 Å². The van der Waals surface area contributed by atoms with Crippen LogP contribution in [-0.4, -0.2) is 16.0 Å². The van der Waals surface area contributed by atoms with Crippen molar-refractivity contribution in [2.45, 2.75) is 20.8 Å². The molecule has 0 saturated heterocycles. The number of anilines is 2. The second-order valence-electron chi connectivity index (χ2n) is 4.54. The number of benzene rings is 1. The first-order valence-electron chi connectivity index (χ1n) is 6.25. The second kappa shape index (κ2) is 6.01. The molecule has 3 N–H and O–H groups in total. The Morgan fingerprint density at radius 3 is 2.20 bits per heavy atom. The van der Waals surface area contributed by atoms with Crippen LogP contribution in [0.15, 0.2) is 30.3 Å². The number of carbonyl (C=O) groups excluding carboxylic acids is 1. The number of hydrogen-bond acceptors (Lipinski definition) is 4. The van der Waals surface area contributed by atoms with E-state index in [0.717, 1.165) is 22.6 Å². The Hall–Kier alpha value is -2.63. The van der Waals surface area contributed by atoms with Gasteiger partial charge in [0.05, 0.1) is 0 Å². The summed E-state index contributed by atoms with van der Waals surface area (Å²) in [6.07, 6.45) is 0. The van der Waals surface area contributed by atoms with Crippen molar-refractivity contribution >= 4 is 17.7 Å². The van der Waals surface area contributed by atoms with Crippen molar-refractivity contribution in [1.29, 1.82) is 0 Å². The van der Waals surface area contributed by atoms with E-state index in [1.165, 1.54) is 0 Å². The molecule has 1 heterocycles. The largest absolute Gasteiger partial charge is 0.337 e. The van der Waals surface area contributed by atoms with Crippen LogP contribution in [0.2, 0.25) is 0 Å². The maximum absolute atomic E-state index is 11.7. The van der Waals surface area contributed by atoms with E-state index in [9.17, 15) is 4.79 Å². The van der Waals surface area contributed by atoms with E-state index in [0.29, 0.717) is 5.95 Å². The molecule has 6 heteroatoms. The van der Waals surface area contributed by atoms with Crippen LogP contribution >= 0.6 is 0 Å². The van der Waals surface area contributed by atoms with Gasteiger partial charge in [-0.3, -0.25) is 5.43 Å². The zero-order valence-electron chi connectivity index (χ0n) is 11.7. The Morgan fingerprint density at radius 2 is 1.60 bits per heavy atom. The van der Waals surface area contributed by atoms with E-state index in [2.05, 4.69) is 26.1 Å². The molecule has 104 valence electrons. The minimum Gasteiger partial charge on any atom is -0.307 e. The topological polar surface area (TPSA) is 78.9 Å². The molecule has 0 bridgehead atoms. The van der Waals surface area contributed by atoms with Gasteiger partial charge in [0.25, 0.3) is 0 Å². The molecule has 1 aromatic heterocycles. The normalized spacial score (nSPS) is 9.95. The van der Waals surface area contributed by atoms with Gasteiger partial charge in [-0.15, -0.1) is 0 Å². The zero-order valence-corrected chi connectivity index (χ0v) is 11.7. The van der Waals surface area contributed by atoms with Gasteiger partial charge in [0.15, 0.2) is 0 Å². The Bertz CT molecular complexity index is 589. The molecule has 0 aliphatic rings. The molecule has 0 spiro atoms. The summed E-state index contributed by atoms with van der Waals surface area (Å²) in [5.41, 5.74) is 8.69. The maximum atomic E-state index is 11.7. The summed E-state index contributed by atoms with van der Waals surface area (Å²) >= 11 is 0. The van der Waals surface area contributed by atoms with Gasteiger partial charge in [0.2, 0.25) is 5.95 Å². The summed E-state index contributed by atoms with van der Waals surface area (Å²) in [6.45, 7) is 5.72. The predicted octanol–water partition coefficient (Wildman–Crippen LogP) is 2.55. The number of nitrogens with one attached hydrogen (secondary N) is 3. The first kappa shape index (κ1) is 13.8. The standard InChI is InChI=1S/C14H17N5O/c1-9-4-6-12(7-5-9)17-14(20)19-18-13-15-10(2)8-11(3)16-13/h4-8H,1-3H3,(H,15,16,18)(H2,17,19,20). The van der Waals surface area contributed by atoms with Crippen LogP contribution in [0.25, 0.3) is 0 Å². The van der Waals surface area contributed by atoms with Crippen molar-refractivity contribution in [2.24, 2.45) is 0 Å². The molecule has 0 atom stereocenters. The fourth-order valence-electron chi connectivity index (χ4n) is 1.69. The van der Waals surface area contributed by atoms with Gasteiger partial charge < -0.3 is 5.32 Å². The number of carbonyl (C=O) groups is 1. The molecule has 6 nitrogen and oxygen atoms in total. The van der Waals surface area contributed by atoms with Gasteiger partial charge in [-0.2, -0.15) is 0 Å². The Morgan fingerprint density at radius 1 is 1.00 bits per heavy atom. The average molecular weight is 271 g/mol.